The van der Waals surface area contributed by atoms with Gasteiger partial charge in [0.2, 0.25) is 0 Å². The number of aromatic nitrogens is 2. The van der Waals surface area contributed by atoms with Gasteiger partial charge in [0, 0.05) is 19.2 Å². The van der Waals surface area contributed by atoms with E-state index in [9.17, 15) is 0 Å². The summed E-state index contributed by atoms with van der Waals surface area (Å²) in [7, 11) is 0. The molecule has 0 saturated heterocycles. The highest BCUT2D eigenvalue weighted by molar-refractivity contribution is 5.15. The molecule has 0 radical (unpaired) electrons. The number of aryl methyl sites for hydroxylation is 4. The van der Waals surface area contributed by atoms with Crippen molar-refractivity contribution in [2.45, 2.75) is 149 Å². The molecule has 0 aliphatic heterocycles. The summed E-state index contributed by atoms with van der Waals surface area (Å²) in [6.07, 6.45) is 29.2. The molecule has 2 rings (SSSR count). The third-order valence-corrected chi connectivity index (χ3v) is 7.16. The highest BCUT2D eigenvalue weighted by atomic mass is 15.1. The van der Waals surface area contributed by atoms with Gasteiger partial charge in [-0.05, 0) is 37.7 Å². The average Bonchev–Trinajstić information content (AvgIpc) is 3.24. The molecule has 1 heterocycles. The van der Waals surface area contributed by atoms with Gasteiger partial charge in [0.15, 0.2) is 0 Å². The minimum atomic E-state index is 1.10. The van der Waals surface area contributed by atoms with E-state index in [0.29, 0.717) is 0 Å². The number of benzene rings is 1. The number of imidazole rings is 1. The Labute approximate surface area is 212 Å². The summed E-state index contributed by atoms with van der Waals surface area (Å²) < 4.78 is 2.50. The van der Waals surface area contributed by atoms with Crippen LogP contribution in [0, 0.1) is 0 Å². The Hall–Kier alpha value is -1.57. The van der Waals surface area contributed by atoms with Crippen LogP contribution in [-0.4, -0.2) is 9.55 Å². The molecule has 0 aliphatic carbocycles. The molecule has 0 aliphatic rings. The molecule has 0 N–H and O–H groups in total. The largest absolute Gasteiger partial charge is 0.335 e. The van der Waals surface area contributed by atoms with Gasteiger partial charge in [-0.2, -0.15) is 0 Å². The molecule has 1 aromatic heterocycles. The lowest BCUT2D eigenvalue weighted by Crippen LogP contribution is -2.03. The van der Waals surface area contributed by atoms with Crippen molar-refractivity contribution in [1.82, 2.24) is 9.55 Å². The van der Waals surface area contributed by atoms with E-state index < -0.39 is 0 Å². The molecule has 2 aromatic rings. The fourth-order valence-electron chi connectivity index (χ4n) is 4.98. The molecule has 192 valence electrons. The van der Waals surface area contributed by atoms with Gasteiger partial charge < -0.3 is 4.57 Å². The SMILES string of the molecule is CCCCCCCCCCCCCc1nc(CCCc2ccccc2)cn1CCCCCCC. The summed E-state index contributed by atoms with van der Waals surface area (Å²) >= 11 is 0. The first-order valence-electron chi connectivity index (χ1n) is 14.9. The topological polar surface area (TPSA) is 17.8 Å². The van der Waals surface area contributed by atoms with Crippen LogP contribution in [0.1, 0.15) is 140 Å². The van der Waals surface area contributed by atoms with E-state index in [1.54, 1.807) is 0 Å². The van der Waals surface area contributed by atoms with Crippen molar-refractivity contribution in [3.8, 4) is 0 Å². The average molecular weight is 467 g/mol. The van der Waals surface area contributed by atoms with Crippen LogP contribution in [0.4, 0.5) is 0 Å². The first-order chi connectivity index (χ1) is 16.8. The Morgan fingerprint density at radius 1 is 0.559 bits per heavy atom. The zero-order chi connectivity index (χ0) is 24.1. The fraction of sp³-hybridized carbons (Fsp3) is 0.719. The minimum Gasteiger partial charge on any atom is -0.335 e. The second-order valence-corrected chi connectivity index (χ2v) is 10.4. The lowest BCUT2D eigenvalue weighted by Gasteiger charge is -2.08. The highest BCUT2D eigenvalue weighted by Gasteiger charge is 2.08. The number of nitrogens with zero attached hydrogens (tertiary/aromatic N) is 2. The molecule has 2 heteroatoms. The Balaban J connectivity index is 1.69. The summed E-state index contributed by atoms with van der Waals surface area (Å²) in [5.74, 6) is 1.35. The maximum absolute atomic E-state index is 5.10. The van der Waals surface area contributed by atoms with Crippen LogP contribution in [0.3, 0.4) is 0 Å². The number of rotatable bonds is 22. The van der Waals surface area contributed by atoms with E-state index in [0.717, 1.165) is 25.8 Å². The standard InChI is InChI=1S/C32H54N2/c1-3-5-7-9-10-11-12-13-14-15-20-27-32-33-31(26-22-25-30-23-18-17-19-24-30)29-34(32)28-21-16-8-6-4-2/h17-19,23-24,29H,3-16,20-22,25-28H2,1-2H3. The molecule has 0 spiro atoms. The van der Waals surface area contributed by atoms with Crippen molar-refractivity contribution in [1.29, 1.82) is 0 Å². The molecule has 0 unspecified atom stereocenters. The van der Waals surface area contributed by atoms with Crippen LogP contribution in [0.25, 0.3) is 0 Å². The van der Waals surface area contributed by atoms with Crippen LogP contribution in [-0.2, 0) is 25.8 Å². The first kappa shape index (κ1) is 28.7. The predicted molar refractivity (Wildman–Crippen MR) is 150 cm³/mol. The van der Waals surface area contributed by atoms with Crippen molar-refractivity contribution in [2.24, 2.45) is 0 Å². The third-order valence-electron chi connectivity index (χ3n) is 7.16. The van der Waals surface area contributed by atoms with Gasteiger partial charge in [-0.15, -0.1) is 0 Å². The minimum absolute atomic E-state index is 1.10. The van der Waals surface area contributed by atoms with E-state index in [2.05, 4.69) is 54.9 Å². The third kappa shape index (κ3) is 13.4. The molecule has 0 saturated carbocycles. The number of hydrogen-bond acceptors (Lipinski definition) is 1. The van der Waals surface area contributed by atoms with Crippen molar-refractivity contribution in [3.05, 3.63) is 53.6 Å². The first-order valence-corrected chi connectivity index (χ1v) is 14.9. The summed E-state index contributed by atoms with van der Waals surface area (Å²) in [6.45, 7) is 5.75. The number of hydrogen-bond donors (Lipinski definition) is 0. The van der Waals surface area contributed by atoms with Crippen LogP contribution in [0.2, 0.25) is 0 Å². The Kier molecular flexibility index (Phi) is 16.6. The Bertz CT molecular complexity index is 703. The van der Waals surface area contributed by atoms with Crippen molar-refractivity contribution in [2.75, 3.05) is 0 Å². The van der Waals surface area contributed by atoms with Gasteiger partial charge in [-0.1, -0.05) is 134 Å². The molecular weight excluding hydrogens is 412 g/mol. The van der Waals surface area contributed by atoms with Gasteiger partial charge >= 0.3 is 0 Å². The zero-order valence-electron chi connectivity index (χ0n) is 22.7. The quantitative estimate of drug-likeness (QED) is 0.158. The molecular formula is C32H54N2. The Morgan fingerprint density at radius 3 is 1.74 bits per heavy atom. The smallest absolute Gasteiger partial charge is 0.108 e. The van der Waals surface area contributed by atoms with E-state index >= 15 is 0 Å². The predicted octanol–water partition coefficient (Wildman–Crippen LogP) is 9.88. The second-order valence-electron chi connectivity index (χ2n) is 10.4. The summed E-state index contributed by atoms with van der Waals surface area (Å²) in [5.41, 5.74) is 2.75. The number of unbranched alkanes of at least 4 members (excludes halogenated alkanes) is 14. The van der Waals surface area contributed by atoms with Crippen molar-refractivity contribution in [3.63, 3.8) is 0 Å². The van der Waals surface area contributed by atoms with E-state index in [1.165, 1.54) is 126 Å². The van der Waals surface area contributed by atoms with Crippen LogP contribution >= 0.6 is 0 Å². The van der Waals surface area contributed by atoms with Crippen molar-refractivity contribution < 1.29 is 0 Å². The maximum atomic E-state index is 5.10. The molecule has 1 aromatic carbocycles. The van der Waals surface area contributed by atoms with Gasteiger partial charge in [-0.3, -0.25) is 0 Å². The van der Waals surface area contributed by atoms with Crippen LogP contribution < -0.4 is 0 Å². The lowest BCUT2D eigenvalue weighted by atomic mass is 10.1. The van der Waals surface area contributed by atoms with Gasteiger partial charge in [0.05, 0.1) is 5.69 Å². The molecule has 0 fully saturated rings. The van der Waals surface area contributed by atoms with Crippen LogP contribution in [0.15, 0.2) is 36.5 Å². The summed E-state index contributed by atoms with van der Waals surface area (Å²) in [6, 6.07) is 10.9. The molecule has 2 nitrogen and oxygen atoms in total. The van der Waals surface area contributed by atoms with Gasteiger partial charge in [0.25, 0.3) is 0 Å². The van der Waals surface area contributed by atoms with E-state index in [4.69, 9.17) is 4.98 Å². The molecule has 0 amide bonds. The zero-order valence-corrected chi connectivity index (χ0v) is 22.7. The molecule has 34 heavy (non-hydrogen) atoms. The summed E-state index contributed by atoms with van der Waals surface area (Å²) in [4.78, 5) is 5.10. The summed E-state index contributed by atoms with van der Waals surface area (Å²) in [5, 5.41) is 0. The normalized spacial score (nSPS) is 11.4. The van der Waals surface area contributed by atoms with Crippen LogP contribution in [0.5, 0.6) is 0 Å². The fourth-order valence-corrected chi connectivity index (χ4v) is 4.98. The maximum Gasteiger partial charge on any atom is 0.108 e. The highest BCUT2D eigenvalue weighted by Crippen LogP contribution is 2.16. The Morgan fingerprint density at radius 2 is 1.12 bits per heavy atom. The lowest BCUT2D eigenvalue weighted by molar-refractivity contribution is 0.532. The van der Waals surface area contributed by atoms with Crippen molar-refractivity contribution >= 4 is 0 Å². The van der Waals surface area contributed by atoms with E-state index in [-0.39, 0.29) is 0 Å². The van der Waals surface area contributed by atoms with E-state index in [1.807, 2.05) is 0 Å². The second kappa shape index (κ2) is 19.7. The molecule has 0 atom stereocenters. The molecule has 0 bridgehead atoms. The van der Waals surface area contributed by atoms with Gasteiger partial charge in [-0.25, -0.2) is 4.98 Å². The van der Waals surface area contributed by atoms with Gasteiger partial charge in [0.1, 0.15) is 5.82 Å². The monoisotopic (exact) mass is 466 g/mol.